The molecule has 0 aromatic heterocycles. The lowest BCUT2D eigenvalue weighted by atomic mass is 10.2. The molecule has 0 heterocycles. The van der Waals surface area contributed by atoms with E-state index in [-0.39, 0.29) is 16.1 Å². The van der Waals surface area contributed by atoms with E-state index in [1.54, 1.807) is 18.2 Å². The Morgan fingerprint density at radius 2 is 1.75 bits per heavy atom. The van der Waals surface area contributed by atoms with Crippen molar-refractivity contribution in [1.82, 2.24) is 0 Å². The summed E-state index contributed by atoms with van der Waals surface area (Å²) in [7, 11) is -3.61. The van der Waals surface area contributed by atoms with Crippen molar-refractivity contribution in [2.75, 3.05) is 0 Å². The molecule has 2 aromatic rings. The van der Waals surface area contributed by atoms with E-state index in [0.717, 1.165) is 0 Å². The van der Waals surface area contributed by atoms with Gasteiger partial charge in [0.15, 0.2) is 9.84 Å². The number of hydrogen-bond acceptors (Lipinski definition) is 4. The third-order valence-corrected chi connectivity index (χ3v) is 4.86. The Labute approximate surface area is 124 Å². The summed E-state index contributed by atoms with van der Waals surface area (Å²) in [6.45, 7) is 0. The van der Waals surface area contributed by atoms with Crippen molar-refractivity contribution < 1.29 is 13.3 Å². The summed E-state index contributed by atoms with van der Waals surface area (Å²) in [6.07, 6.45) is 0. The molecule has 20 heavy (non-hydrogen) atoms. The molecule has 2 rings (SSSR count). The fraction of sp³-hybridized carbons (Fsp3) is 0.0769. The van der Waals surface area contributed by atoms with Crippen molar-refractivity contribution in [3.05, 3.63) is 68.7 Å². The number of nitro benzene ring substituents is 1. The zero-order chi connectivity index (χ0) is 14.8. The van der Waals surface area contributed by atoms with Gasteiger partial charge in [-0.05, 0) is 24.3 Å². The second-order valence-electron chi connectivity index (χ2n) is 4.10. The van der Waals surface area contributed by atoms with Gasteiger partial charge in [0.2, 0.25) is 0 Å². The highest BCUT2D eigenvalue weighted by molar-refractivity contribution is 9.10. The predicted molar refractivity (Wildman–Crippen MR) is 78.1 cm³/mol. The summed E-state index contributed by atoms with van der Waals surface area (Å²) in [5.74, 6) is -0.410. The number of benzene rings is 2. The van der Waals surface area contributed by atoms with E-state index in [1.165, 1.54) is 30.3 Å². The molecule has 0 amide bonds. The Balaban J connectivity index is 2.44. The fourth-order valence-electron chi connectivity index (χ4n) is 1.76. The zero-order valence-corrected chi connectivity index (χ0v) is 12.6. The van der Waals surface area contributed by atoms with Gasteiger partial charge in [-0.15, -0.1) is 0 Å². The molecule has 7 heteroatoms. The maximum absolute atomic E-state index is 12.2. The number of hydrogen-bond donors (Lipinski definition) is 0. The molecule has 0 bridgehead atoms. The summed E-state index contributed by atoms with van der Waals surface area (Å²) >= 11 is 3.19. The van der Waals surface area contributed by atoms with Crippen LogP contribution in [0.4, 0.5) is 5.69 Å². The predicted octanol–water partition coefficient (Wildman–Crippen LogP) is 3.33. The van der Waals surface area contributed by atoms with Crippen LogP contribution in [0.2, 0.25) is 0 Å². The van der Waals surface area contributed by atoms with Gasteiger partial charge in [0.1, 0.15) is 0 Å². The van der Waals surface area contributed by atoms with Crippen LogP contribution in [0.3, 0.4) is 0 Å². The van der Waals surface area contributed by atoms with Crippen molar-refractivity contribution >= 4 is 31.5 Å². The minimum absolute atomic E-state index is 0.147. The summed E-state index contributed by atoms with van der Waals surface area (Å²) in [5.41, 5.74) is -0.0408. The molecule has 0 fully saturated rings. The lowest BCUT2D eigenvalue weighted by Crippen LogP contribution is -2.07. The van der Waals surface area contributed by atoms with Gasteiger partial charge in [0, 0.05) is 16.1 Å². The average molecular weight is 356 g/mol. The first-order valence-corrected chi connectivity index (χ1v) is 8.05. The highest BCUT2D eigenvalue weighted by Gasteiger charge is 2.22. The van der Waals surface area contributed by atoms with Gasteiger partial charge in [-0.25, -0.2) is 8.42 Å². The van der Waals surface area contributed by atoms with Gasteiger partial charge in [-0.2, -0.15) is 0 Å². The number of nitrogens with zero attached hydrogens (tertiary/aromatic N) is 1. The molecule has 0 radical (unpaired) electrons. The molecule has 0 aliphatic heterocycles. The highest BCUT2D eigenvalue weighted by atomic mass is 79.9. The third kappa shape index (κ3) is 3.23. The van der Waals surface area contributed by atoms with Crippen LogP contribution in [0.15, 0.2) is 57.9 Å². The molecule has 0 aliphatic rings. The molecule has 5 nitrogen and oxygen atoms in total. The number of rotatable bonds is 4. The SMILES string of the molecule is O=[N+]([O-])c1ccc(Br)cc1CS(=O)(=O)c1ccccc1. The summed E-state index contributed by atoms with van der Waals surface area (Å²) < 4.78 is 25.1. The molecular weight excluding hydrogens is 346 g/mol. The molecular formula is C13H10BrNO4S. The smallest absolute Gasteiger partial charge is 0.258 e. The second-order valence-corrected chi connectivity index (χ2v) is 7.01. The molecule has 0 N–H and O–H groups in total. The van der Waals surface area contributed by atoms with E-state index in [2.05, 4.69) is 15.9 Å². The molecule has 0 unspecified atom stereocenters. The Hall–Kier alpha value is -1.73. The Bertz CT molecular complexity index is 744. The summed E-state index contributed by atoms with van der Waals surface area (Å²) in [6, 6.07) is 12.1. The Kier molecular flexibility index (Phi) is 4.20. The van der Waals surface area contributed by atoms with Crippen LogP contribution in [0.25, 0.3) is 0 Å². The quantitative estimate of drug-likeness (QED) is 0.622. The summed E-state index contributed by atoms with van der Waals surface area (Å²) in [4.78, 5) is 10.5. The fourth-order valence-corrected chi connectivity index (χ4v) is 3.55. The van der Waals surface area contributed by atoms with Crippen LogP contribution in [-0.4, -0.2) is 13.3 Å². The largest absolute Gasteiger partial charge is 0.273 e. The molecule has 0 atom stereocenters. The van der Waals surface area contributed by atoms with Gasteiger partial charge in [-0.1, -0.05) is 34.1 Å². The van der Waals surface area contributed by atoms with E-state index < -0.39 is 20.5 Å². The summed E-state index contributed by atoms with van der Waals surface area (Å²) in [5, 5.41) is 11.0. The molecule has 0 saturated carbocycles. The number of halogens is 1. The minimum Gasteiger partial charge on any atom is -0.258 e. The number of sulfone groups is 1. The van der Waals surface area contributed by atoms with Crippen molar-refractivity contribution in [3.8, 4) is 0 Å². The minimum atomic E-state index is -3.61. The topological polar surface area (TPSA) is 77.3 Å². The maximum atomic E-state index is 12.2. The van der Waals surface area contributed by atoms with Crippen molar-refractivity contribution in [2.45, 2.75) is 10.6 Å². The first kappa shape index (κ1) is 14.7. The van der Waals surface area contributed by atoms with Crippen molar-refractivity contribution in [1.29, 1.82) is 0 Å². The van der Waals surface area contributed by atoms with Crippen LogP contribution in [0.1, 0.15) is 5.56 Å². The van der Waals surface area contributed by atoms with E-state index >= 15 is 0 Å². The van der Waals surface area contributed by atoms with E-state index in [1.807, 2.05) is 0 Å². The first-order chi connectivity index (χ1) is 9.40. The van der Waals surface area contributed by atoms with Gasteiger partial charge < -0.3 is 0 Å². The third-order valence-electron chi connectivity index (χ3n) is 2.69. The normalized spacial score (nSPS) is 11.2. The lowest BCUT2D eigenvalue weighted by Gasteiger charge is -2.06. The van der Waals surface area contributed by atoms with Gasteiger partial charge >= 0.3 is 0 Å². The van der Waals surface area contributed by atoms with Crippen LogP contribution in [-0.2, 0) is 15.6 Å². The van der Waals surface area contributed by atoms with E-state index in [9.17, 15) is 18.5 Å². The molecule has 0 spiro atoms. The van der Waals surface area contributed by atoms with E-state index in [0.29, 0.717) is 4.47 Å². The van der Waals surface area contributed by atoms with Crippen LogP contribution in [0.5, 0.6) is 0 Å². The Morgan fingerprint density at radius 3 is 2.35 bits per heavy atom. The average Bonchev–Trinajstić information content (AvgIpc) is 2.39. The monoisotopic (exact) mass is 355 g/mol. The molecule has 104 valence electrons. The van der Waals surface area contributed by atoms with E-state index in [4.69, 9.17) is 0 Å². The Morgan fingerprint density at radius 1 is 1.10 bits per heavy atom. The zero-order valence-electron chi connectivity index (χ0n) is 10.2. The van der Waals surface area contributed by atoms with Gasteiger partial charge in [-0.3, -0.25) is 10.1 Å². The lowest BCUT2D eigenvalue weighted by molar-refractivity contribution is -0.385. The standard InChI is InChI=1S/C13H10BrNO4S/c14-11-6-7-13(15(16)17)10(8-11)9-20(18,19)12-4-2-1-3-5-12/h1-8H,9H2. The second kappa shape index (κ2) is 5.72. The van der Waals surface area contributed by atoms with Crippen LogP contribution < -0.4 is 0 Å². The van der Waals surface area contributed by atoms with Gasteiger partial charge in [0.25, 0.3) is 5.69 Å². The van der Waals surface area contributed by atoms with Crippen molar-refractivity contribution in [2.24, 2.45) is 0 Å². The highest BCUT2D eigenvalue weighted by Crippen LogP contribution is 2.26. The first-order valence-electron chi connectivity index (χ1n) is 5.61. The van der Waals surface area contributed by atoms with Crippen LogP contribution >= 0.6 is 15.9 Å². The van der Waals surface area contributed by atoms with Crippen LogP contribution in [0, 0.1) is 10.1 Å². The van der Waals surface area contributed by atoms with Crippen molar-refractivity contribution in [3.63, 3.8) is 0 Å². The maximum Gasteiger partial charge on any atom is 0.273 e. The van der Waals surface area contributed by atoms with Gasteiger partial charge in [0.05, 0.1) is 15.6 Å². The molecule has 0 aliphatic carbocycles. The number of nitro groups is 1. The molecule has 0 saturated heterocycles. The molecule has 2 aromatic carbocycles.